The molecule has 0 aromatic heterocycles. The van der Waals surface area contributed by atoms with Gasteiger partial charge < -0.3 is 20.7 Å². The summed E-state index contributed by atoms with van der Waals surface area (Å²) in [5, 5.41) is 18.4. The van der Waals surface area contributed by atoms with Crippen LogP contribution in [0.2, 0.25) is 0 Å². The summed E-state index contributed by atoms with van der Waals surface area (Å²) < 4.78 is 45.8. The molecular weight excluding hydrogens is 419 g/mol. The lowest BCUT2D eigenvalue weighted by atomic mass is 9.93. The molecule has 168 valence electrons. The van der Waals surface area contributed by atoms with Crippen molar-refractivity contribution in [1.82, 2.24) is 0 Å². The van der Waals surface area contributed by atoms with E-state index in [1.54, 1.807) is 6.07 Å². The zero-order valence-corrected chi connectivity index (χ0v) is 17.7. The number of aryl methyl sites for hydroxylation is 3. The average molecular weight is 448 g/mol. The van der Waals surface area contributed by atoms with Gasteiger partial charge in [0.05, 0.1) is 30.9 Å². The molecule has 0 heterocycles. The molecule has 0 bridgehead atoms. The van der Waals surface area contributed by atoms with Gasteiger partial charge >= 0.3 is 6.18 Å². The summed E-state index contributed by atoms with van der Waals surface area (Å²) in [6.07, 6.45) is -2.86. The second kappa shape index (κ2) is 11.6. The number of hydrogen-bond acceptors (Lipinski definition) is 4. The molecule has 0 aliphatic heterocycles. The lowest BCUT2D eigenvalue weighted by molar-refractivity contribution is -0.139. The molecule has 0 atom stereocenters. The van der Waals surface area contributed by atoms with Crippen LogP contribution in [0.15, 0.2) is 42.5 Å². The molecule has 2 aromatic rings. The van der Waals surface area contributed by atoms with E-state index in [0.29, 0.717) is 12.0 Å². The summed E-state index contributed by atoms with van der Waals surface area (Å²) in [5.74, 6) is -0.200. The molecule has 0 saturated heterocycles. The maximum Gasteiger partial charge on any atom is 0.419 e. The van der Waals surface area contributed by atoms with Gasteiger partial charge in [-0.05, 0) is 55.9 Å². The summed E-state index contributed by atoms with van der Waals surface area (Å²) in [7, 11) is 0. The minimum absolute atomic E-state index is 0. The Bertz CT molecular complexity index is 795. The number of alkyl halides is 3. The molecule has 4 N–H and O–H groups in total. The molecule has 30 heavy (non-hydrogen) atoms. The molecule has 2 rings (SSSR count). The zero-order chi connectivity index (χ0) is 21.5. The second-order valence-corrected chi connectivity index (χ2v) is 7.45. The second-order valence-electron chi connectivity index (χ2n) is 7.45. The normalized spacial score (nSPS) is 11.8. The molecule has 0 aliphatic rings. The van der Waals surface area contributed by atoms with Gasteiger partial charge in [-0.3, -0.25) is 0 Å². The Balaban J connectivity index is 0.00000450. The molecule has 0 amide bonds. The monoisotopic (exact) mass is 447 g/mol. The first-order chi connectivity index (χ1) is 13.7. The number of ether oxygens (including phenoxy) is 1. The van der Waals surface area contributed by atoms with Gasteiger partial charge in [-0.15, -0.1) is 12.4 Å². The van der Waals surface area contributed by atoms with Crippen LogP contribution in [-0.4, -0.2) is 35.6 Å². The zero-order valence-electron chi connectivity index (χ0n) is 16.9. The highest BCUT2D eigenvalue weighted by molar-refractivity contribution is 5.85. The van der Waals surface area contributed by atoms with E-state index in [2.05, 4.69) is 0 Å². The van der Waals surface area contributed by atoms with Crippen molar-refractivity contribution in [2.75, 3.05) is 19.8 Å². The van der Waals surface area contributed by atoms with Crippen molar-refractivity contribution in [2.45, 2.75) is 44.3 Å². The number of nitrogens with two attached hydrogens (primary N) is 1. The van der Waals surface area contributed by atoms with Gasteiger partial charge in [-0.2, -0.15) is 13.2 Å². The van der Waals surface area contributed by atoms with Crippen LogP contribution in [0.4, 0.5) is 13.2 Å². The highest BCUT2D eigenvalue weighted by atomic mass is 35.5. The minimum Gasteiger partial charge on any atom is -0.493 e. The number of benzene rings is 2. The van der Waals surface area contributed by atoms with Crippen molar-refractivity contribution in [3.05, 3.63) is 64.7 Å². The third kappa shape index (κ3) is 7.80. The van der Waals surface area contributed by atoms with Crippen LogP contribution < -0.4 is 10.5 Å². The Morgan fingerprint density at radius 2 is 1.63 bits per heavy atom. The van der Waals surface area contributed by atoms with Gasteiger partial charge in [0.15, 0.2) is 0 Å². The standard InChI is InChI=1S/C22H28F3NO3.ClH/c1-16-4-2-5-17(12-16)6-3-11-29-20-8-7-18(13-19(20)22(23,24)25)9-10-21(26,14-27)15-28;/h2,4-5,7-8,12-13,27-28H,3,6,9-11,14-15,26H2,1H3;1H. The van der Waals surface area contributed by atoms with Crippen LogP contribution in [0.1, 0.15) is 35.1 Å². The fraction of sp³-hybridized carbons (Fsp3) is 0.455. The molecule has 0 saturated carbocycles. The number of aliphatic hydroxyl groups excluding tert-OH is 2. The van der Waals surface area contributed by atoms with Gasteiger partial charge in [0, 0.05) is 0 Å². The maximum atomic E-state index is 13.5. The van der Waals surface area contributed by atoms with Crippen molar-refractivity contribution >= 4 is 12.4 Å². The summed E-state index contributed by atoms with van der Waals surface area (Å²) >= 11 is 0. The van der Waals surface area contributed by atoms with Crippen LogP contribution in [0.3, 0.4) is 0 Å². The van der Waals surface area contributed by atoms with Crippen LogP contribution in [0.25, 0.3) is 0 Å². The van der Waals surface area contributed by atoms with Crippen molar-refractivity contribution in [2.24, 2.45) is 5.73 Å². The quantitative estimate of drug-likeness (QED) is 0.480. The smallest absolute Gasteiger partial charge is 0.419 e. The fourth-order valence-corrected chi connectivity index (χ4v) is 3.01. The van der Waals surface area contributed by atoms with E-state index >= 15 is 0 Å². The van der Waals surface area contributed by atoms with Gasteiger partial charge in [-0.25, -0.2) is 0 Å². The van der Waals surface area contributed by atoms with Crippen molar-refractivity contribution in [1.29, 1.82) is 0 Å². The predicted octanol–water partition coefficient (Wildman–Crippen LogP) is 4.06. The summed E-state index contributed by atoms with van der Waals surface area (Å²) in [4.78, 5) is 0. The van der Waals surface area contributed by atoms with Crippen molar-refractivity contribution in [3.8, 4) is 5.75 Å². The summed E-state index contributed by atoms with van der Waals surface area (Å²) in [6, 6.07) is 11.9. The van der Waals surface area contributed by atoms with Crippen molar-refractivity contribution in [3.63, 3.8) is 0 Å². The Labute approximate surface area is 181 Å². The third-order valence-corrected chi connectivity index (χ3v) is 4.84. The van der Waals surface area contributed by atoms with E-state index in [-0.39, 0.29) is 37.6 Å². The molecule has 8 heteroatoms. The highest BCUT2D eigenvalue weighted by Crippen LogP contribution is 2.37. The summed E-state index contributed by atoms with van der Waals surface area (Å²) in [5.41, 5.74) is 6.42. The molecule has 4 nitrogen and oxygen atoms in total. The first kappa shape index (κ1) is 26.2. The lowest BCUT2D eigenvalue weighted by Gasteiger charge is -2.24. The number of rotatable bonds is 10. The lowest BCUT2D eigenvalue weighted by Crippen LogP contribution is -2.47. The van der Waals surface area contributed by atoms with E-state index in [4.69, 9.17) is 10.5 Å². The first-order valence-electron chi connectivity index (χ1n) is 9.56. The molecule has 0 fully saturated rings. The number of hydrogen-bond donors (Lipinski definition) is 3. The summed E-state index contributed by atoms with van der Waals surface area (Å²) in [6.45, 7) is 1.28. The van der Waals surface area contributed by atoms with Gasteiger partial charge in [0.25, 0.3) is 0 Å². The van der Waals surface area contributed by atoms with Crippen LogP contribution in [0, 0.1) is 6.92 Å². The minimum atomic E-state index is -4.55. The topological polar surface area (TPSA) is 75.7 Å². The molecule has 2 aromatic carbocycles. The number of aliphatic hydroxyl groups is 2. The van der Waals surface area contributed by atoms with E-state index in [1.165, 1.54) is 6.07 Å². The SMILES string of the molecule is Cc1cccc(CCCOc2ccc(CCC(N)(CO)CO)cc2C(F)(F)F)c1.Cl. The van der Waals surface area contributed by atoms with E-state index in [9.17, 15) is 23.4 Å². The Kier molecular flexibility index (Phi) is 10.1. The highest BCUT2D eigenvalue weighted by Gasteiger charge is 2.35. The van der Waals surface area contributed by atoms with Crippen LogP contribution in [0.5, 0.6) is 5.75 Å². The molecule has 0 spiro atoms. The Morgan fingerprint density at radius 1 is 0.967 bits per heavy atom. The molecule has 0 aliphatic carbocycles. The molecular formula is C22H29ClF3NO3. The maximum absolute atomic E-state index is 13.5. The Hall–Kier alpha value is -1.80. The number of halogens is 4. The van der Waals surface area contributed by atoms with Crippen LogP contribution >= 0.6 is 12.4 Å². The van der Waals surface area contributed by atoms with Crippen molar-refractivity contribution < 1.29 is 28.1 Å². The van der Waals surface area contributed by atoms with Gasteiger partial charge in [0.2, 0.25) is 0 Å². The average Bonchev–Trinajstić information content (AvgIpc) is 2.69. The van der Waals surface area contributed by atoms with Crippen LogP contribution in [-0.2, 0) is 19.0 Å². The third-order valence-electron chi connectivity index (χ3n) is 4.84. The molecule has 0 radical (unpaired) electrons. The Morgan fingerprint density at radius 3 is 2.23 bits per heavy atom. The predicted molar refractivity (Wildman–Crippen MR) is 113 cm³/mol. The van der Waals surface area contributed by atoms with E-state index in [1.807, 2.05) is 31.2 Å². The van der Waals surface area contributed by atoms with Gasteiger partial charge in [0.1, 0.15) is 5.75 Å². The van der Waals surface area contributed by atoms with E-state index in [0.717, 1.165) is 23.6 Å². The fourth-order valence-electron chi connectivity index (χ4n) is 3.01. The first-order valence-corrected chi connectivity index (χ1v) is 9.56. The van der Waals surface area contributed by atoms with Gasteiger partial charge in [-0.1, -0.05) is 35.9 Å². The molecule has 0 unspecified atom stereocenters. The van der Waals surface area contributed by atoms with E-state index < -0.39 is 30.5 Å². The largest absolute Gasteiger partial charge is 0.493 e.